The Morgan fingerprint density at radius 3 is 2.71 bits per heavy atom. The lowest BCUT2D eigenvalue weighted by Crippen LogP contribution is -2.55. The van der Waals surface area contributed by atoms with E-state index in [1.165, 1.54) is 37.0 Å². The first kappa shape index (κ1) is 15.4. The smallest absolute Gasteiger partial charge is 0.208 e. The van der Waals surface area contributed by atoms with Gasteiger partial charge in [-0.25, -0.2) is 0 Å². The minimum absolute atomic E-state index is 0.393. The van der Waals surface area contributed by atoms with Crippen LogP contribution in [-0.2, 0) is 22.1 Å². The maximum Gasteiger partial charge on any atom is 0.208 e. The van der Waals surface area contributed by atoms with Gasteiger partial charge in [-0.3, -0.25) is 0 Å². The Hall–Kier alpha value is -0.470. The van der Waals surface area contributed by atoms with Crippen molar-refractivity contribution in [3.63, 3.8) is 0 Å². The quantitative estimate of drug-likeness (QED) is 0.751. The predicted molar refractivity (Wildman–Crippen MR) is 92.7 cm³/mol. The van der Waals surface area contributed by atoms with Crippen LogP contribution in [0, 0.1) is 11.8 Å². The van der Waals surface area contributed by atoms with Crippen molar-refractivity contribution in [1.29, 1.82) is 0 Å². The van der Waals surface area contributed by atoms with Crippen LogP contribution in [0.25, 0.3) is 0 Å². The fourth-order valence-corrected chi connectivity index (χ4v) is 6.52. The minimum atomic E-state index is 0.393. The summed E-state index contributed by atoms with van der Waals surface area (Å²) in [4.78, 5) is 0. The third-order valence-electron chi connectivity index (χ3n) is 5.60. The maximum absolute atomic E-state index is 6.30. The molecule has 0 aromatic heterocycles. The Morgan fingerprint density at radius 1 is 1.19 bits per heavy atom. The maximum atomic E-state index is 6.30. The first-order valence-electron chi connectivity index (χ1n) is 8.40. The monoisotopic (exact) mass is 305 g/mol. The highest BCUT2D eigenvalue weighted by Gasteiger charge is 2.54. The minimum Gasteiger partial charge on any atom is -0.332 e. The Labute approximate surface area is 132 Å². The second kappa shape index (κ2) is 6.34. The Morgan fingerprint density at radius 2 is 1.95 bits per heavy atom. The Balaban J connectivity index is 1.64. The summed E-state index contributed by atoms with van der Waals surface area (Å²) in [6.07, 6.45) is 5.77. The van der Waals surface area contributed by atoms with Crippen molar-refractivity contribution in [3.8, 4) is 0 Å². The van der Waals surface area contributed by atoms with E-state index in [1.807, 2.05) is 0 Å². The van der Waals surface area contributed by atoms with E-state index in [1.54, 1.807) is 0 Å². The molecule has 2 heteroatoms. The summed E-state index contributed by atoms with van der Waals surface area (Å²) in [6, 6.07) is 10.9. The van der Waals surface area contributed by atoms with Gasteiger partial charge >= 0.3 is 0 Å². The van der Waals surface area contributed by atoms with Gasteiger partial charge in [0.05, 0.1) is 6.10 Å². The van der Waals surface area contributed by atoms with E-state index in [9.17, 15) is 0 Å². The van der Waals surface area contributed by atoms with Gasteiger partial charge in [-0.15, -0.1) is 0 Å². The van der Waals surface area contributed by atoms with Crippen molar-refractivity contribution in [1.82, 2.24) is 0 Å². The molecule has 116 valence electrons. The Bertz CT molecular complexity index is 456. The van der Waals surface area contributed by atoms with Crippen LogP contribution < -0.4 is 0 Å². The molecule has 0 N–H and O–H groups in total. The van der Waals surface area contributed by atoms with E-state index in [2.05, 4.69) is 51.1 Å². The van der Waals surface area contributed by atoms with E-state index < -0.39 is 0 Å². The number of hydrogen-bond donors (Lipinski definition) is 0. The summed E-state index contributed by atoms with van der Waals surface area (Å²) in [5, 5.41) is 0. The van der Waals surface area contributed by atoms with Crippen molar-refractivity contribution in [2.24, 2.45) is 11.8 Å². The third-order valence-corrected chi connectivity index (χ3v) is 8.50. The summed E-state index contributed by atoms with van der Waals surface area (Å²) in [5.41, 5.74) is 1.47. The highest BCUT2D eigenvalue weighted by atomic mass is 32.2. The molecule has 1 nitrogen and oxygen atoms in total. The van der Waals surface area contributed by atoms with Crippen LogP contribution in [0.15, 0.2) is 30.3 Å². The van der Waals surface area contributed by atoms with Crippen LogP contribution >= 0.6 is 0 Å². The molecule has 2 aliphatic rings. The number of hydrogen-bond acceptors (Lipinski definition) is 1. The van der Waals surface area contributed by atoms with Gasteiger partial charge < -0.3 is 4.74 Å². The molecule has 0 amide bonds. The van der Waals surface area contributed by atoms with Gasteiger partial charge in [-0.2, -0.15) is 0 Å². The normalized spacial score (nSPS) is 35.2. The van der Waals surface area contributed by atoms with Crippen molar-refractivity contribution in [3.05, 3.63) is 35.9 Å². The molecule has 1 aromatic rings. The van der Waals surface area contributed by atoms with Crippen molar-refractivity contribution >= 4 is 10.9 Å². The first-order chi connectivity index (χ1) is 10.1. The topological polar surface area (TPSA) is 9.23 Å². The lowest BCUT2D eigenvalue weighted by Gasteiger charge is -2.46. The largest absolute Gasteiger partial charge is 0.332 e. The number of benzene rings is 1. The molecule has 0 spiro atoms. The highest BCUT2D eigenvalue weighted by molar-refractivity contribution is 7.98. The number of fused-ring (bicyclic) bond motifs is 1. The molecule has 21 heavy (non-hydrogen) atoms. The number of ether oxygens (including phenoxy) is 1. The predicted octanol–water partition coefficient (Wildman–Crippen LogP) is 4.42. The molecule has 0 bridgehead atoms. The molecule has 1 heterocycles. The lowest BCUT2D eigenvalue weighted by atomic mass is 9.75. The zero-order chi connectivity index (χ0) is 14.9. The van der Waals surface area contributed by atoms with Gasteiger partial charge in [-0.1, -0.05) is 43.7 Å². The van der Waals surface area contributed by atoms with Gasteiger partial charge in [0.2, 0.25) is 5.94 Å². The number of aryl methyl sites for hydroxylation is 1. The molecule has 1 aromatic carbocycles. The van der Waals surface area contributed by atoms with E-state index >= 15 is 0 Å². The fraction of sp³-hybridized carbons (Fsp3) is 0.684. The van der Waals surface area contributed by atoms with Gasteiger partial charge in [0.15, 0.2) is 0 Å². The molecule has 2 unspecified atom stereocenters. The van der Waals surface area contributed by atoms with Crippen LogP contribution in [-0.4, -0.2) is 22.5 Å². The molecule has 2 fully saturated rings. The van der Waals surface area contributed by atoms with E-state index in [0.29, 0.717) is 21.7 Å². The zero-order valence-electron chi connectivity index (χ0n) is 13.7. The van der Waals surface area contributed by atoms with Crippen LogP contribution in [0.5, 0.6) is 0 Å². The van der Waals surface area contributed by atoms with Crippen LogP contribution in [0.3, 0.4) is 0 Å². The van der Waals surface area contributed by atoms with E-state index in [-0.39, 0.29) is 0 Å². The third kappa shape index (κ3) is 3.32. The van der Waals surface area contributed by atoms with Crippen LogP contribution in [0.2, 0.25) is 0 Å². The first-order valence-corrected chi connectivity index (χ1v) is 9.97. The highest BCUT2D eigenvalue weighted by Crippen LogP contribution is 2.45. The molecule has 1 saturated carbocycles. The average Bonchev–Trinajstić information content (AvgIpc) is 2.47. The summed E-state index contributed by atoms with van der Waals surface area (Å²) < 4.78 is 6.76. The van der Waals surface area contributed by atoms with Gasteiger partial charge in [0.1, 0.15) is 10.5 Å². The fourth-order valence-electron chi connectivity index (χ4n) is 4.05. The summed E-state index contributed by atoms with van der Waals surface area (Å²) >= 11 is 0. The zero-order valence-corrected chi connectivity index (χ0v) is 14.5. The molecule has 1 aliphatic carbocycles. The van der Waals surface area contributed by atoms with E-state index in [4.69, 9.17) is 4.74 Å². The lowest BCUT2D eigenvalue weighted by molar-refractivity contribution is -0.0250. The van der Waals surface area contributed by atoms with E-state index in [0.717, 1.165) is 17.8 Å². The second-order valence-corrected chi connectivity index (χ2v) is 10.1. The average molecular weight is 306 g/mol. The van der Waals surface area contributed by atoms with Crippen molar-refractivity contribution in [2.45, 2.75) is 57.3 Å². The molecule has 1 aliphatic heterocycles. The summed E-state index contributed by atoms with van der Waals surface area (Å²) in [7, 11) is 0.393. The van der Waals surface area contributed by atoms with Crippen LogP contribution in [0.4, 0.5) is 0 Å². The molecule has 4 atom stereocenters. The van der Waals surface area contributed by atoms with Gasteiger partial charge in [0, 0.05) is 23.2 Å². The molecular formula is C19H29OS+. The summed E-state index contributed by atoms with van der Waals surface area (Å²) in [6.45, 7) is 7.41. The van der Waals surface area contributed by atoms with Gasteiger partial charge in [-0.05, 0) is 38.2 Å². The molecule has 0 radical (unpaired) electrons. The van der Waals surface area contributed by atoms with Gasteiger partial charge in [0.25, 0.3) is 0 Å². The molecule has 1 saturated heterocycles. The Kier molecular flexibility index (Phi) is 4.66. The molecule has 3 rings (SSSR count). The summed E-state index contributed by atoms with van der Waals surface area (Å²) in [5.74, 6) is 3.91. The second-order valence-electron chi connectivity index (χ2n) is 7.38. The van der Waals surface area contributed by atoms with Crippen molar-refractivity contribution < 1.29 is 4.74 Å². The van der Waals surface area contributed by atoms with Crippen molar-refractivity contribution in [2.75, 3.05) is 11.7 Å². The number of rotatable bonds is 3. The molecular weight excluding hydrogens is 276 g/mol. The SMILES string of the molecule is CC1CC[C@@H]2[C@@H](C1)OC[S+](CCc1ccccc1)C2(C)C. The standard InChI is InChI=1S/C19H29OS/c1-15-9-10-17-18(13-15)20-14-21(19(17,2)3)12-11-16-7-5-4-6-8-16/h4-8,15,17-18H,9-14H2,1-3H3/q+1/t15?,17-,18-,21?/m1/s1. The van der Waals surface area contributed by atoms with Crippen LogP contribution in [0.1, 0.15) is 45.6 Å².